The molecule has 0 bridgehead atoms. The summed E-state index contributed by atoms with van der Waals surface area (Å²) < 4.78 is 0. The van der Waals surface area contributed by atoms with Crippen LogP contribution in [0.15, 0.2) is 18.2 Å². The molecule has 0 atom stereocenters. The van der Waals surface area contributed by atoms with Crippen molar-refractivity contribution in [2.75, 3.05) is 58.3 Å². The van der Waals surface area contributed by atoms with Gasteiger partial charge in [0.05, 0.1) is 4.92 Å². The fraction of sp³-hybridized carbons (Fsp3) is 0.625. The second-order valence-electron chi connectivity index (χ2n) is 6.17. The van der Waals surface area contributed by atoms with Gasteiger partial charge in [0.25, 0.3) is 5.69 Å². The Bertz CT molecular complexity index is 513. The van der Waals surface area contributed by atoms with Gasteiger partial charge in [-0.25, -0.2) is 0 Å². The molecule has 0 unspecified atom stereocenters. The minimum Gasteiger partial charge on any atom is -0.369 e. The van der Waals surface area contributed by atoms with E-state index in [9.17, 15) is 10.1 Å². The van der Waals surface area contributed by atoms with Crippen LogP contribution in [-0.4, -0.2) is 68.1 Å². The van der Waals surface area contributed by atoms with Gasteiger partial charge in [-0.1, -0.05) is 6.07 Å². The number of nitrogens with zero attached hydrogens (tertiary/aromatic N) is 4. The highest BCUT2D eigenvalue weighted by molar-refractivity contribution is 5.63. The largest absolute Gasteiger partial charge is 0.369 e. The highest BCUT2D eigenvalue weighted by Gasteiger charge is 2.18. The van der Waals surface area contributed by atoms with E-state index in [1.807, 2.05) is 31.0 Å². The number of hydrogen-bond acceptors (Lipinski definition) is 5. The zero-order valence-corrected chi connectivity index (χ0v) is 13.8. The quantitative estimate of drug-likeness (QED) is 0.594. The molecule has 6 nitrogen and oxygen atoms in total. The SMILES string of the molecule is Cc1ccc(N(C)CCCN2CCN(C)CC2)c([N+](=O)[O-])c1. The van der Waals surface area contributed by atoms with Crippen molar-refractivity contribution in [2.24, 2.45) is 0 Å². The number of benzene rings is 1. The molecule has 122 valence electrons. The Morgan fingerprint density at radius 3 is 2.59 bits per heavy atom. The Labute approximate surface area is 132 Å². The van der Waals surface area contributed by atoms with Crippen LogP contribution in [0.4, 0.5) is 11.4 Å². The van der Waals surface area contributed by atoms with E-state index in [0.717, 1.165) is 51.3 Å². The lowest BCUT2D eigenvalue weighted by Gasteiger charge is -2.32. The molecule has 1 aliphatic rings. The summed E-state index contributed by atoms with van der Waals surface area (Å²) in [5.41, 5.74) is 1.82. The Morgan fingerprint density at radius 2 is 1.95 bits per heavy atom. The minimum absolute atomic E-state index is 0.196. The van der Waals surface area contributed by atoms with Gasteiger partial charge in [-0.05, 0) is 38.6 Å². The lowest BCUT2D eigenvalue weighted by molar-refractivity contribution is -0.384. The molecule has 1 aromatic rings. The molecule has 0 aromatic heterocycles. The van der Waals surface area contributed by atoms with Crippen LogP contribution in [0.5, 0.6) is 0 Å². The van der Waals surface area contributed by atoms with E-state index in [-0.39, 0.29) is 10.6 Å². The number of aryl methyl sites for hydroxylation is 1. The first-order valence-corrected chi connectivity index (χ1v) is 7.84. The summed E-state index contributed by atoms with van der Waals surface area (Å²) >= 11 is 0. The molecule has 0 aliphatic carbocycles. The predicted octanol–water partition coefficient (Wildman–Crippen LogP) is 1.98. The predicted molar refractivity (Wildman–Crippen MR) is 89.7 cm³/mol. The van der Waals surface area contributed by atoms with E-state index >= 15 is 0 Å². The average Bonchev–Trinajstić information content (AvgIpc) is 2.49. The molecular weight excluding hydrogens is 280 g/mol. The van der Waals surface area contributed by atoms with Crippen molar-refractivity contribution >= 4 is 11.4 Å². The van der Waals surface area contributed by atoms with Gasteiger partial charge in [-0.2, -0.15) is 0 Å². The maximum Gasteiger partial charge on any atom is 0.292 e. The first-order chi connectivity index (χ1) is 10.5. The third-order valence-corrected chi connectivity index (χ3v) is 4.30. The molecule has 6 heteroatoms. The van der Waals surface area contributed by atoms with Gasteiger partial charge in [0.1, 0.15) is 5.69 Å². The molecule has 1 heterocycles. The van der Waals surface area contributed by atoms with Gasteiger partial charge in [-0.3, -0.25) is 10.1 Å². The summed E-state index contributed by atoms with van der Waals surface area (Å²) in [6, 6.07) is 5.43. The molecule has 0 spiro atoms. The van der Waals surface area contributed by atoms with Crippen LogP contribution in [0, 0.1) is 17.0 Å². The molecular formula is C16H26N4O2. The lowest BCUT2D eigenvalue weighted by atomic mass is 10.1. The zero-order valence-electron chi connectivity index (χ0n) is 13.8. The molecule has 2 rings (SSSR count). The number of hydrogen-bond donors (Lipinski definition) is 0. The zero-order chi connectivity index (χ0) is 16.1. The maximum absolute atomic E-state index is 11.2. The maximum atomic E-state index is 11.2. The number of nitro groups is 1. The Hall–Kier alpha value is -1.66. The van der Waals surface area contributed by atoms with E-state index in [2.05, 4.69) is 16.8 Å². The highest BCUT2D eigenvalue weighted by atomic mass is 16.6. The van der Waals surface area contributed by atoms with Crippen molar-refractivity contribution in [3.8, 4) is 0 Å². The second-order valence-corrected chi connectivity index (χ2v) is 6.17. The van der Waals surface area contributed by atoms with Crippen LogP contribution < -0.4 is 4.90 Å². The minimum atomic E-state index is -0.292. The number of likely N-dealkylation sites (N-methyl/N-ethyl adjacent to an activating group) is 1. The number of rotatable bonds is 6. The normalized spacial score (nSPS) is 16.7. The van der Waals surface area contributed by atoms with Gasteiger partial charge in [0.15, 0.2) is 0 Å². The van der Waals surface area contributed by atoms with E-state index in [1.54, 1.807) is 6.07 Å². The van der Waals surface area contributed by atoms with Crippen molar-refractivity contribution in [3.63, 3.8) is 0 Å². The summed E-state index contributed by atoms with van der Waals surface area (Å²) in [4.78, 5) is 17.7. The third-order valence-electron chi connectivity index (χ3n) is 4.30. The number of nitro benzene ring substituents is 1. The van der Waals surface area contributed by atoms with E-state index < -0.39 is 0 Å². The third kappa shape index (κ3) is 4.42. The summed E-state index contributed by atoms with van der Waals surface area (Å²) in [5, 5.41) is 11.2. The van der Waals surface area contributed by atoms with Gasteiger partial charge >= 0.3 is 0 Å². The fourth-order valence-corrected chi connectivity index (χ4v) is 2.83. The van der Waals surface area contributed by atoms with Gasteiger partial charge in [-0.15, -0.1) is 0 Å². The summed E-state index contributed by atoms with van der Waals surface area (Å²) in [7, 11) is 4.09. The molecule has 0 N–H and O–H groups in total. The van der Waals surface area contributed by atoms with Crippen molar-refractivity contribution in [1.29, 1.82) is 0 Å². The molecule has 0 amide bonds. The first-order valence-electron chi connectivity index (χ1n) is 7.84. The van der Waals surface area contributed by atoms with Crippen LogP contribution in [0.25, 0.3) is 0 Å². The molecule has 1 aromatic carbocycles. The van der Waals surface area contributed by atoms with Gasteiger partial charge < -0.3 is 14.7 Å². The van der Waals surface area contributed by atoms with E-state index in [1.165, 1.54) is 0 Å². The Kier molecular flexibility index (Phi) is 5.74. The van der Waals surface area contributed by atoms with E-state index in [4.69, 9.17) is 0 Å². The van der Waals surface area contributed by atoms with Crippen molar-refractivity contribution < 1.29 is 4.92 Å². The molecule has 22 heavy (non-hydrogen) atoms. The van der Waals surface area contributed by atoms with Gasteiger partial charge in [0.2, 0.25) is 0 Å². The van der Waals surface area contributed by atoms with E-state index in [0.29, 0.717) is 5.69 Å². The van der Waals surface area contributed by atoms with Gasteiger partial charge in [0, 0.05) is 45.8 Å². The summed E-state index contributed by atoms with van der Waals surface area (Å²) in [5.74, 6) is 0. The number of piperazine rings is 1. The van der Waals surface area contributed by atoms with Crippen LogP contribution in [0.2, 0.25) is 0 Å². The molecule has 1 aliphatic heterocycles. The van der Waals surface area contributed by atoms with Crippen LogP contribution in [0.3, 0.4) is 0 Å². The van der Waals surface area contributed by atoms with Crippen molar-refractivity contribution in [2.45, 2.75) is 13.3 Å². The average molecular weight is 306 g/mol. The van der Waals surface area contributed by atoms with Crippen molar-refractivity contribution in [3.05, 3.63) is 33.9 Å². The first kappa shape index (κ1) is 16.7. The topological polar surface area (TPSA) is 52.9 Å². The molecule has 1 fully saturated rings. The molecule has 0 radical (unpaired) electrons. The smallest absolute Gasteiger partial charge is 0.292 e. The summed E-state index contributed by atoms with van der Waals surface area (Å²) in [6.45, 7) is 8.24. The lowest BCUT2D eigenvalue weighted by Crippen LogP contribution is -2.45. The van der Waals surface area contributed by atoms with Crippen LogP contribution >= 0.6 is 0 Å². The van der Waals surface area contributed by atoms with Crippen molar-refractivity contribution in [1.82, 2.24) is 9.80 Å². The molecule has 0 saturated carbocycles. The van der Waals surface area contributed by atoms with Crippen LogP contribution in [-0.2, 0) is 0 Å². The van der Waals surface area contributed by atoms with Crippen LogP contribution in [0.1, 0.15) is 12.0 Å². The monoisotopic (exact) mass is 306 g/mol. The molecule has 1 saturated heterocycles. The highest BCUT2D eigenvalue weighted by Crippen LogP contribution is 2.28. The standard InChI is InChI=1S/C16H26N4O2/c1-14-5-6-15(16(13-14)20(21)22)18(3)7-4-8-19-11-9-17(2)10-12-19/h5-6,13H,4,7-12H2,1-3H3. The second kappa shape index (κ2) is 7.56. The Morgan fingerprint density at radius 1 is 1.27 bits per heavy atom. The fourth-order valence-electron chi connectivity index (χ4n) is 2.83. The number of anilines is 1. The Balaban J connectivity index is 1.87. The summed E-state index contributed by atoms with van der Waals surface area (Å²) in [6.07, 6.45) is 1.02.